The first-order chi connectivity index (χ1) is 15.0. The van der Waals surface area contributed by atoms with Gasteiger partial charge < -0.3 is 15.2 Å². The zero-order chi connectivity index (χ0) is 23.9. The minimum Gasteiger partial charge on any atom is -0.481 e. The second kappa shape index (κ2) is 10.9. The first kappa shape index (κ1) is 25.0. The molecule has 3 rings (SSSR count). The van der Waals surface area contributed by atoms with E-state index in [-0.39, 0.29) is 5.56 Å². The van der Waals surface area contributed by atoms with E-state index in [0.717, 1.165) is 25.3 Å². The van der Waals surface area contributed by atoms with Gasteiger partial charge in [-0.2, -0.15) is 13.2 Å². The molecule has 32 heavy (non-hydrogen) atoms. The maximum absolute atomic E-state index is 12.5. The maximum atomic E-state index is 12.5. The molecule has 0 bridgehead atoms. The number of hydrogen-bond donors (Lipinski definition) is 2. The van der Waals surface area contributed by atoms with Crippen LogP contribution in [0.2, 0.25) is 0 Å². The number of nitrogens with one attached hydrogen (secondary N) is 1. The highest BCUT2D eigenvalue weighted by molar-refractivity contribution is 5.73. The van der Waals surface area contributed by atoms with Gasteiger partial charge in [0.2, 0.25) is 5.88 Å². The molecule has 0 spiro atoms. The van der Waals surface area contributed by atoms with Gasteiger partial charge >= 0.3 is 12.1 Å². The summed E-state index contributed by atoms with van der Waals surface area (Å²) in [5, 5.41) is 10.3. The first-order valence-corrected chi connectivity index (χ1v) is 9.75. The third-order valence-electron chi connectivity index (χ3n) is 4.59. The number of aliphatic carboxylic acids is 1. The predicted octanol–water partition coefficient (Wildman–Crippen LogP) is 1.90. The summed E-state index contributed by atoms with van der Waals surface area (Å²) in [7, 11) is 1.56. The molecule has 0 radical (unpaired) electrons. The molecule has 0 fully saturated rings. The van der Waals surface area contributed by atoms with Crippen LogP contribution in [0.1, 0.15) is 31.8 Å². The first-order valence-electron chi connectivity index (χ1n) is 9.75. The summed E-state index contributed by atoms with van der Waals surface area (Å²) >= 11 is 0. The van der Waals surface area contributed by atoms with E-state index in [1.807, 2.05) is 0 Å². The minimum absolute atomic E-state index is 0.00711. The molecule has 0 saturated carbocycles. The molecule has 1 aliphatic rings. The Labute approximate surface area is 182 Å². The van der Waals surface area contributed by atoms with E-state index in [2.05, 4.69) is 34.0 Å². The van der Waals surface area contributed by atoms with Crippen molar-refractivity contribution in [1.82, 2.24) is 24.4 Å². The molecular formula is C19H25F3N6O4. The minimum atomic E-state index is -5.08. The van der Waals surface area contributed by atoms with Crippen molar-refractivity contribution >= 4 is 11.8 Å². The standard InChI is InChI=1S/C17H24N6O2.C2HF3O2/c1-12(2)22-5-4-6-23-15(10-22)21-13(7-17(23)24)9-18-14-8-16(25-3)20-11-19-14;3-2(4,5)1(6)7/h7-8,11-12H,4-6,9-10H2,1-3H3,(H,18,19,20);(H,6,7). The van der Waals surface area contributed by atoms with Crippen LogP contribution in [0.4, 0.5) is 19.0 Å². The monoisotopic (exact) mass is 458 g/mol. The number of anilines is 1. The average molecular weight is 458 g/mol. The van der Waals surface area contributed by atoms with E-state index >= 15 is 0 Å². The van der Waals surface area contributed by atoms with Crippen LogP contribution in [-0.2, 0) is 24.4 Å². The van der Waals surface area contributed by atoms with Gasteiger partial charge in [-0.15, -0.1) is 0 Å². The molecule has 1 aliphatic heterocycles. The largest absolute Gasteiger partial charge is 0.490 e. The Kier molecular flexibility index (Phi) is 8.52. The SMILES string of the molecule is COc1cc(NCc2cc(=O)n3c(n2)CN(C(C)C)CCC3)ncn1.O=C(O)C(F)(F)F. The highest BCUT2D eigenvalue weighted by Gasteiger charge is 2.38. The summed E-state index contributed by atoms with van der Waals surface area (Å²) in [6.45, 7) is 7.16. The number of nitrogens with zero attached hydrogens (tertiary/aromatic N) is 5. The highest BCUT2D eigenvalue weighted by atomic mass is 19.4. The smallest absolute Gasteiger partial charge is 0.481 e. The van der Waals surface area contributed by atoms with Crippen LogP contribution in [0.15, 0.2) is 23.3 Å². The number of alkyl halides is 3. The number of carboxylic acid groups (broad SMARTS) is 1. The molecule has 2 aromatic rings. The van der Waals surface area contributed by atoms with E-state index in [4.69, 9.17) is 19.6 Å². The molecule has 0 atom stereocenters. The Morgan fingerprint density at radius 3 is 2.56 bits per heavy atom. The van der Waals surface area contributed by atoms with Gasteiger partial charge in [-0.05, 0) is 20.3 Å². The molecule has 0 unspecified atom stereocenters. The number of halogens is 3. The van der Waals surface area contributed by atoms with E-state index in [0.29, 0.717) is 36.5 Å². The van der Waals surface area contributed by atoms with Crippen molar-refractivity contribution in [1.29, 1.82) is 0 Å². The second-order valence-corrected chi connectivity index (χ2v) is 7.17. The fourth-order valence-corrected chi connectivity index (χ4v) is 2.92. The molecule has 3 heterocycles. The molecule has 13 heteroatoms. The molecule has 2 N–H and O–H groups in total. The molecule has 0 aromatic carbocycles. The summed E-state index contributed by atoms with van der Waals surface area (Å²) < 4.78 is 38.6. The van der Waals surface area contributed by atoms with Gasteiger partial charge in [-0.1, -0.05) is 0 Å². The van der Waals surface area contributed by atoms with Gasteiger partial charge in [0, 0.05) is 31.3 Å². The zero-order valence-corrected chi connectivity index (χ0v) is 17.9. The van der Waals surface area contributed by atoms with Crippen molar-refractivity contribution in [3.05, 3.63) is 40.3 Å². The maximum Gasteiger partial charge on any atom is 0.490 e. The third-order valence-corrected chi connectivity index (χ3v) is 4.59. The average Bonchev–Trinajstić information content (AvgIpc) is 2.95. The molecule has 10 nitrogen and oxygen atoms in total. The van der Waals surface area contributed by atoms with Crippen LogP contribution in [-0.4, -0.2) is 61.4 Å². The number of ether oxygens (including phenoxy) is 1. The zero-order valence-electron chi connectivity index (χ0n) is 17.9. The lowest BCUT2D eigenvalue weighted by Crippen LogP contribution is -2.32. The van der Waals surface area contributed by atoms with E-state index in [1.54, 1.807) is 23.8 Å². The van der Waals surface area contributed by atoms with Crippen LogP contribution < -0.4 is 15.6 Å². The third kappa shape index (κ3) is 7.18. The van der Waals surface area contributed by atoms with Crippen molar-refractivity contribution < 1.29 is 27.8 Å². The Morgan fingerprint density at radius 1 is 1.28 bits per heavy atom. The van der Waals surface area contributed by atoms with Crippen LogP contribution in [0.3, 0.4) is 0 Å². The number of rotatable bonds is 5. The second-order valence-electron chi connectivity index (χ2n) is 7.17. The topological polar surface area (TPSA) is 122 Å². The predicted molar refractivity (Wildman–Crippen MR) is 108 cm³/mol. The van der Waals surface area contributed by atoms with Gasteiger partial charge in [0.1, 0.15) is 18.0 Å². The lowest BCUT2D eigenvalue weighted by Gasteiger charge is -2.23. The number of carbonyl (C=O) groups is 1. The number of aromatic nitrogens is 4. The number of methoxy groups -OCH3 is 1. The number of fused-ring (bicyclic) bond motifs is 1. The van der Waals surface area contributed by atoms with E-state index < -0.39 is 12.1 Å². The summed E-state index contributed by atoms with van der Waals surface area (Å²) in [6, 6.07) is 3.73. The van der Waals surface area contributed by atoms with Gasteiger partial charge in [0.15, 0.2) is 0 Å². The normalized spacial score (nSPS) is 14.1. The van der Waals surface area contributed by atoms with Gasteiger partial charge in [0.05, 0.1) is 25.9 Å². The van der Waals surface area contributed by atoms with Gasteiger partial charge in [-0.25, -0.2) is 19.7 Å². The molecule has 0 saturated heterocycles. The summed E-state index contributed by atoms with van der Waals surface area (Å²) in [6.07, 6.45) is -2.69. The van der Waals surface area contributed by atoms with Gasteiger partial charge in [0.25, 0.3) is 5.56 Å². The number of carboxylic acids is 1. The Hall–Kier alpha value is -3.22. The lowest BCUT2D eigenvalue weighted by molar-refractivity contribution is -0.192. The molecule has 2 aromatic heterocycles. The van der Waals surface area contributed by atoms with Crippen molar-refractivity contribution in [2.45, 2.75) is 52.1 Å². The Balaban J connectivity index is 0.000000451. The molecular weight excluding hydrogens is 433 g/mol. The lowest BCUT2D eigenvalue weighted by atomic mass is 10.3. The van der Waals surface area contributed by atoms with E-state index in [9.17, 15) is 18.0 Å². The molecule has 0 aliphatic carbocycles. The Bertz CT molecular complexity index is 980. The molecule has 0 amide bonds. The molecule has 176 valence electrons. The number of hydrogen-bond acceptors (Lipinski definition) is 8. The highest BCUT2D eigenvalue weighted by Crippen LogP contribution is 2.14. The quantitative estimate of drug-likeness (QED) is 0.692. The van der Waals surface area contributed by atoms with Crippen molar-refractivity contribution in [3.63, 3.8) is 0 Å². The van der Waals surface area contributed by atoms with Crippen LogP contribution in [0.25, 0.3) is 0 Å². The van der Waals surface area contributed by atoms with Crippen LogP contribution in [0.5, 0.6) is 5.88 Å². The van der Waals surface area contributed by atoms with Crippen molar-refractivity contribution in [2.24, 2.45) is 0 Å². The van der Waals surface area contributed by atoms with Crippen LogP contribution in [0, 0.1) is 0 Å². The van der Waals surface area contributed by atoms with Crippen molar-refractivity contribution in [3.8, 4) is 5.88 Å². The fraction of sp³-hybridized carbons (Fsp3) is 0.526. The summed E-state index contributed by atoms with van der Waals surface area (Å²) in [5.41, 5.74) is 0.715. The van der Waals surface area contributed by atoms with Crippen molar-refractivity contribution in [2.75, 3.05) is 19.0 Å². The summed E-state index contributed by atoms with van der Waals surface area (Å²) in [5.74, 6) is -0.809. The fourth-order valence-electron chi connectivity index (χ4n) is 2.92. The van der Waals surface area contributed by atoms with E-state index in [1.165, 1.54) is 6.33 Å². The summed E-state index contributed by atoms with van der Waals surface area (Å²) in [4.78, 5) is 36.5. The Morgan fingerprint density at radius 2 is 1.97 bits per heavy atom. The van der Waals surface area contributed by atoms with Crippen LogP contribution >= 0.6 is 0 Å². The van der Waals surface area contributed by atoms with Gasteiger partial charge in [-0.3, -0.25) is 14.3 Å².